The largest absolute Gasteiger partial charge is 0.302 e. The molecule has 0 spiro atoms. The van der Waals surface area contributed by atoms with Gasteiger partial charge in [0.1, 0.15) is 0 Å². The van der Waals surface area contributed by atoms with Crippen LogP contribution in [0.4, 0.5) is 5.13 Å². The molecular formula is C10H16N2OS. The van der Waals surface area contributed by atoms with E-state index in [1.54, 1.807) is 6.20 Å². The summed E-state index contributed by atoms with van der Waals surface area (Å²) in [4.78, 5) is 16.5. The molecule has 1 aromatic heterocycles. The van der Waals surface area contributed by atoms with Gasteiger partial charge in [0.05, 0.1) is 0 Å². The van der Waals surface area contributed by atoms with Crippen LogP contribution in [0.3, 0.4) is 0 Å². The first kappa shape index (κ1) is 11.2. The highest BCUT2D eigenvalue weighted by molar-refractivity contribution is 7.15. The van der Waals surface area contributed by atoms with Crippen molar-refractivity contribution in [3.63, 3.8) is 0 Å². The summed E-state index contributed by atoms with van der Waals surface area (Å²) in [6.07, 6.45) is 5.60. The summed E-state index contributed by atoms with van der Waals surface area (Å²) < 4.78 is 0. The van der Waals surface area contributed by atoms with Gasteiger partial charge in [0.25, 0.3) is 0 Å². The Balaban J connectivity index is 2.27. The number of hydrogen-bond acceptors (Lipinski definition) is 3. The van der Waals surface area contributed by atoms with E-state index in [0.29, 0.717) is 11.6 Å². The number of anilines is 1. The van der Waals surface area contributed by atoms with Gasteiger partial charge in [0, 0.05) is 17.5 Å². The van der Waals surface area contributed by atoms with Gasteiger partial charge < -0.3 is 5.32 Å². The van der Waals surface area contributed by atoms with Gasteiger partial charge in [-0.3, -0.25) is 4.79 Å². The quantitative estimate of drug-likeness (QED) is 0.762. The minimum Gasteiger partial charge on any atom is -0.302 e. The summed E-state index contributed by atoms with van der Waals surface area (Å²) in [5, 5.41) is 3.50. The maximum atomic E-state index is 11.4. The van der Waals surface area contributed by atoms with Gasteiger partial charge in [-0.1, -0.05) is 19.8 Å². The Morgan fingerprint density at radius 3 is 2.93 bits per heavy atom. The first-order valence-electron chi connectivity index (χ1n) is 4.94. The van der Waals surface area contributed by atoms with Crippen molar-refractivity contribution in [2.45, 2.75) is 39.5 Å². The van der Waals surface area contributed by atoms with Crippen LogP contribution in [-0.4, -0.2) is 10.9 Å². The third-order valence-corrected chi connectivity index (χ3v) is 2.70. The van der Waals surface area contributed by atoms with E-state index in [1.165, 1.54) is 11.3 Å². The Kier molecular flexibility index (Phi) is 4.59. The lowest BCUT2D eigenvalue weighted by atomic mass is 10.2. The van der Waals surface area contributed by atoms with Crippen molar-refractivity contribution in [1.29, 1.82) is 0 Å². The summed E-state index contributed by atoms with van der Waals surface area (Å²) in [6.45, 7) is 4.10. The van der Waals surface area contributed by atoms with Gasteiger partial charge in [-0.15, -0.1) is 11.3 Å². The van der Waals surface area contributed by atoms with Gasteiger partial charge in [-0.2, -0.15) is 0 Å². The molecule has 0 saturated carbocycles. The van der Waals surface area contributed by atoms with Crippen LogP contribution in [0.5, 0.6) is 0 Å². The number of carbonyl (C=O) groups is 1. The molecule has 0 aromatic carbocycles. The van der Waals surface area contributed by atoms with E-state index in [1.807, 2.05) is 6.92 Å². The number of thiazole rings is 1. The SMILES string of the molecule is CCCCCC(=O)Nc1ncc(C)s1. The van der Waals surface area contributed by atoms with Crippen molar-refractivity contribution in [2.75, 3.05) is 5.32 Å². The van der Waals surface area contributed by atoms with E-state index < -0.39 is 0 Å². The molecule has 0 bridgehead atoms. The molecule has 3 nitrogen and oxygen atoms in total. The molecule has 0 atom stereocenters. The summed E-state index contributed by atoms with van der Waals surface area (Å²) in [7, 11) is 0. The number of carbonyl (C=O) groups excluding carboxylic acids is 1. The highest BCUT2D eigenvalue weighted by atomic mass is 32.1. The van der Waals surface area contributed by atoms with Crippen LogP contribution in [0, 0.1) is 6.92 Å². The molecule has 0 aliphatic heterocycles. The van der Waals surface area contributed by atoms with E-state index in [0.717, 1.165) is 24.1 Å². The molecule has 0 unspecified atom stereocenters. The summed E-state index contributed by atoms with van der Waals surface area (Å²) in [5.74, 6) is 0.0767. The third-order valence-electron chi connectivity index (χ3n) is 1.88. The molecule has 1 aromatic rings. The first-order chi connectivity index (χ1) is 6.72. The van der Waals surface area contributed by atoms with Crippen LogP contribution in [0.1, 0.15) is 37.5 Å². The van der Waals surface area contributed by atoms with Crippen molar-refractivity contribution in [2.24, 2.45) is 0 Å². The zero-order valence-corrected chi connectivity index (χ0v) is 9.49. The number of aryl methyl sites for hydroxylation is 1. The minimum absolute atomic E-state index is 0.0767. The van der Waals surface area contributed by atoms with Crippen molar-refractivity contribution in [1.82, 2.24) is 4.98 Å². The second kappa shape index (κ2) is 5.75. The normalized spacial score (nSPS) is 10.1. The fourth-order valence-electron chi connectivity index (χ4n) is 1.13. The second-order valence-corrected chi connectivity index (χ2v) is 4.52. The topological polar surface area (TPSA) is 42.0 Å². The molecule has 0 radical (unpaired) electrons. The smallest absolute Gasteiger partial charge is 0.226 e. The number of unbranched alkanes of at least 4 members (excludes halogenated alkanes) is 2. The Morgan fingerprint density at radius 2 is 2.36 bits per heavy atom. The number of nitrogens with zero attached hydrogens (tertiary/aromatic N) is 1. The molecule has 1 rings (SSSR count). The maximum absolute atomic E-state index is 11.4. The van der Waals surface area contributed by atoms with E-state index in [9.17, 15) is 4.79 Å². The molecule has 78 valence electrons. The van der Waals surface area contributed by atoms with Crippen molar-refractivity contribution < 1.29 is 4.79 Å². The zero-order valence-electron chi connectivity index (χ0n) is 8.67. The number of amides is 1. The number of rotatable bonds is 5. The Labute approximate surface area is 88.6 Å². The molecule has 0 fully saturated rings. The van der Waals surface area contributed by atoms with E-state index in [2.05, 4.69) is 17.2 Å². The fourth-order valence-corrected chi connectivity index (χ4v) is 1.81. The average Bonchev–Trinajstić information content (AvgIpc) is 2.52. The molecule has 0 aliphatic carbocycles. The highest BCUT2D eigenvalue weighted by Crippen LogP contribution is 2.16. The summed E-state index contributed by atoms with van der Waals surface area (Å²) >= 11 is 1.51. The van der Waals surface area contributed by atoms with Crippen molar-refractivity contribution >= 4 is 22.4 Å². The lowest BCUT2D eigenvalue weighted by Crippen LogP contribution is -2.10. The highest BCUT2D eigenvalue weighted by Gasteiger charge is 2.04. The van der Waals surface area contributed by atoms with Crippen LogP contribution >= 0.6 is 11.3 Å². The standard InChI is InChI=1S/C10H16N2OS/c1-3-4-5-6-9(13)12-10-11-7-8(2)14-10/h7H,3-6H2,1-2H3,(H,11,12,13). The average molecular weight is 212 g/mol. The van der Waals surface area contributed by atoms with E-state index in [-0.39, 0.29) is 5.91 Å². The van der Waals surface area contributed by atoms with E-state index >= 15 is 0 Å². The van der Waals surface area contributed by atoms with Gasteiger partial charge in [0.2, 0.25) is 5.91 Å². The lowest BCUT2D eigenvalue weighted by molar-refractivity contribution is -0.116. The Morgan fingerprint density at radius 1 is 1.57 bits per heavy atom. The molecule has 14 heavy (non-hydrogen) atoms. The van der Waals surface area contributed by atoms with Gasteiger partial charge in [-0.25, -0.2) is 4.98 Å². The number of hydrogen-bond donors (Lipinski definition) is 1. The molecule has 1 amide bonds. The fraction of sp³-hybridized carbons (Fsp3) is 0.600. The van der Waals surface area contributed by atoms with E-state index in [4.69, 9.17) is 0 Å². The predicted molar refractivity (Wildman–Crippen MR) is 59.6 cm³/mol. The van der Waals surface area contributed by atoms with Crippen LogP contribution in [-0.2, 0) is 4.79 Å². The van der Waals surface area contributed by atoms with Crippen LogP contribution in [0.15, 0.2) is 6.20 Å². The number of aromatic nitrogens is 1. The molecule has 4 heteroatoms. The van der Waals surface area contributed by atoms with Crippen molar-refractivity contribution in [3.05, 3.63) is 11.1 Å². The van der Waals surface area contributed by atoms with Crippen LogP contribution < -0.4 is 5.32 Å². The van der Waals surface area contributed by atoms with Crippen LogP contribution in [0.2, 0.25) is 0 Å². The summed E-state index contributed by atoms with van der Waals surface area (Å²) in [6, 6.07) is 0. The van der Waals surface area contributed by atoms with Crippen LogP contribution in [0.25, 0.3) is 0 Å². The van der Waals surface area contributed by atoms with Gasteiger partial charge >= 0.3 is 0 Å². The molecule has 0 aliphatic rings. The number of nitrogens with one attached hydrogen (secondary N) is 1. The molecule has 1 heterocycles. The Hall–Kier alpha value is -0.900. The second-order valence-electron chi connectivity index (χ2n) is 3.28. The van der Waals surface area contributed by atoms with Gasteiger partial charge in [0.15, 0.2) is 5.13 Å². The maximum Gasteiger partial charge on any atom is 0.226 e. The third kappa shape index (κ3) is 3.87. The predicted octanol–water partition coefficient (Wildman–Crippen LogP) is 2.97. The molecule has 0 saturated heterocycles. The molecular weight excluding hydrogens is 196 g/mol. The summed E-state index contributed by atoms with van der Waals surface area (Å²) in [5.41, 5.74) is 0. The first-order valence-corrected chi connectivity index (χ1v) is 5.76. The monoisotopic (exact) mass is 212 g/mol. The lowest BCUT2D eigenvalue weighted by Gasteiger charge is -1.99. The van der Waals surface area contributed by atoms with Crippen molar-refractivity contribution in [3.8, 4) is 0 Å². The molecule has 1 N–H and O–H groups in total. The zero-order chi connectivity index (χ0) is 10.4. The van der Waals surface area contributed by atoms with Gasteiger partial charge in [-0.05, 0) is 13.3 Å². The minimum atomic E-state index is 0.0767. The Bertz CT molecular complexity index is 296.